The van der Waals surface area contributed by atoms with Crippen LogP contribution >= 0.6 is 39.1 Å². The fraction of sp³-hybridized carbons (Fsp3) is 0.0667. The molecule has 2 aromatic rings. The lowest BCUT2D eigenvalue weighted by atomic mass is 10.2. The van der Waals surface area contributed by atoms with Gasteiger partial charge in [-0.15, -0.1) is 0 Å². The lowest BCUT2D eigenvalue weighted by Crippen LogP contribution is -2.18. The molecule has 5 nitrogen and oxygen atoms in total. The van der Waals surface area contributed by atoms with Gasteiger partial charge in [0.1, 0.15) is 5.75 Å². The molecule has 2 rings (SSSR count). The second-order valence-electron chi connectivity index (χ2n) is 4.31. The monoisotopic (exact) mass is 416 g/mol. The maximum Gasteiger partial charge on any atom is 0.372 e. The van der Waals surface area contributed by atoms with E-state index in [0.29, 0.717) is 21.4 Å². The third-order valence-corrected chi connectivity index (χ3v) is 3.63. The number of halogens is 3. The van der Waals surface area contributed by atoms with E-state index in [4.69, 9.17) is 38.5 Å². The first kappa shape index (κ1) is 17.6. The van der Waals surface area contributed by atoms with E-state index in [-0.39, 0.29) is 12.4 Å². The van der Waals surface area contributed by atoms with E-state index in [1.165, 1.54) is 6.07 Å². The molecule has 0 saturated heterocycles. The predicted octanol–water partition coefficient (Wildman–Crippen LogP) is 4.00. The molecule has 2 aromatic carbocycles. The predicted molar refractivity (Wildman–Crippen MR) is 92.9 cm³/mol. The highest BCUT2D eigenvalue weighted by Crippen LogP contribution is 2.27. The van der Waals surface area contributed by atoms with Gasteiger partial charge in [-0.2, -0.15) is 0 Å². The molecule has 0 spiro atoms. The van der Waals surface area contributed by atoms with Gasteiger partial charge in [-0.1, -0.05) is 56.4 Å². The fourth-order valence-electron chi connectivity index (χ4n) is 1.56. The van der Waals surface area contributed by atoms with Crippen molar-refractivity contribution in [2.45, 2.75) is 0 Å². The first-order chi connectivity index (χ1) is 11.0. The van der Waals surface area contributed by atoms with Gasteiger partial charge in [-0.05, 0) is 30.3 Å². The van der Waals surface area contributed by atoms with Crippen LogP contribution in [0.1, 0.15) is 5.56 Å². The molecule has 0 aliphatic carbocycles. The van der Waals surface area contributed by atoms with Crippen LogP contribution in [-0.2, 0) is 9.63 Å². The zero-order valence-corrected chi connectivity index (χ0v) is 14.7. The van der Waals surface area contributed by atoms with Crippen molar-refractivity contribution in [2.24, 2.45) is 10.9 Å². The van der Waals surface area contributed by atoms with Crippen LogP contribution in [0.4, 0.5) is 0 Å². The maximum absolute atomic E-state index is 11.6. The van der Waals surface area contributed by atoms with Crippen LogP contribution in [0.3, 0.4) is 0 Å². The molecular formula is C15H11BrCl2N2O3. The van der Waals surface area contributed by atoms with Crippen LogP contribution < -0.4 is 10.5 Å². The summed E-state index contributed by atoms with van der Waals surface area (Å²) in [7, 11) is 0. The maximum atomic E-state index is 11.6. The molecule has 120 valence electrons. The molecule has 8 heteroatoms. The molecule has 0 bridgehead atoms. The van der Waals surface area contributed by atoms with Gasteiger partial charge in [0, 0.05) is 15.1 Å². The Bertz CT molecular complexity index is 753. The zero-order chi connectivity index (χ0) is 16.8. The number of hydrogen-bond donors (Lipinski definition) is 1. The second kappa shape index (κ2) is 8.19. The second-order valence-corrected chi connectivity index (χ2v) is 6.07. The SMILES string of the molecule is N/C(=N\OC(=O)COc1ccc(Cl)cc1Cl)c1cccc(Br)c1. The Morgan fingerprint density at radius 3 is 2.70 bits per heavy atom. The zero-order valence-electron chi connectivity index (χ0n) is 11.6. The van der Waals surface area contributed by atoms with E-state index in [0.717, 1.165) is 4.47 Å². The number of rotatable bonds is 5. The Hall–Kier alpha value is -1.76. The molecule has 0 aromatic heterocycles. The van der Waals surface area contributed by atoms with E-state index in [1.54, 1.807) is 30.3 Å². The van der Waals surface area contributed by atoms with E-state index >= 15 is 0 Å². The number of ether oxygens (including phenoxy) is 1. The van der Waals surface area contributed by atoms with E-state index in [2.05, 4.69) is 21.1 Å². The van der Waals surface area contributed by atoms with Gasteiger partial charge in [0.05, 0.1) is 5.02 Å². The number of benzene rings is 2. The van der Waals surface area contributed by atoms with Crippen molar-refractivity contribution in [3.63, 3.8) is 0 Å². The van der Waals surface area contributed by atoms with Crippen LogP contribution in [0.2, 0.25) is 10.0 Å². The quantitative estimate of drug-likeness (QED) is 0.345. The number of carbonyl (C=O) groups is 1. The molecule has 0 unspecified atom stereocenters. The number of carbonyl (C=O) groups excluding carboxylic acids is 1. The van der Waals surface area contributed by atoms with Crippen LogP contribution in [0.25, 0.3) is 0 Å². The summed E-state index contributed by atoms with van der Waals surface area (Å²) in [6.45, 7) is -0.364. The van der Waals surface area contributed by atoms with Gasteiger partial charge in [0.2, 0.25) is 0 Å². The Labute approximate surface area is 151 Å². The third-order valence-electron chi connectivity index (χ3n) is 2.61. The van der Waals surface area contributed by atoms with Crippen LogP contribution in [0, 0.1) is 0 Å². The average molecular weight is 418 g/mol. The van der Waals surface area contributed by atoms with Crippen molar-refractivity contribution in [2.75, 3.05) is 6.61 Å². The Balaban J connectivity index is 1.90. The number of hydrogen-bond acceptors (Lipinski definition) is 4. The van der Waals surface area contributed by atoms with Crippen molar-refractivity contribution in [3.05, 3.63) is 62.5 Å². The molecule has 0 heterocycles. The Morgan fingerprint density at radius 2 is 2.00 bits per heavy atom. The first-order valence-electron chi connectivity index (χ1n) is 6.33. The minimum absolute atomic E-state index is 0.0733. The summed E-state index contributed by atoms with van der Waals surface area (Å²) in [5.74, 6) is -0.324. The minimum Gasteiger partial charge on any atom is -0.480 e. The summed E-state index contributed by atoms with van der Waals surface area (Å²) >= 11 is 15.0. The lowest BCUT2D eigenvalue weighted by molar-refractivity contribution is -0.146. The number of amidine groups is 1. The molecule has 2 N–H and O–H groups in total. The highest BCUT2D eigenvalue weighted by atomic mass is 79.9. The summed E-state index contributed by atoms with van der Waals surface area (Å²) in [5.41, 5.74) is 6.35. The number of oxime groups is 1. The minimum atomic E-state index is -0.714. The van der Waals surface area contributed by atoms with Crippen molar-refractivity contribution in [1.29, 1.82) is 0 Å². The highest BCUT2D eigenvalue weighted by Gasteiger charge is 2.08. The molecule has 0 aliphatic rings. The van der Waals surface area contributed by atoms with Gasteiger partial charge in [-0.25, -0.2) is 4.79 Å². The largest absolute Gasteiger partial charge is 0.480 e. The molecule has 0 atom stereocenters. The van der Waals surface area contributed by atoms with Crippen LogP contribution in [0.5, 0.6) is 5.75 Å². The molecule has 23 heavy (non-hydrogen) atoms. The molecule has 0 fully saturated rings. The Morgan fingerprint density at radius 1 is 1.22 bits per heavy atom. The summed E-state index contributed by atoms with van der Waals surface area (Å²) in [5, 5.41) is 4.34. The van der Waals surface area contributed by atoms with Crippen molar-refractivity contribution >= 4 is 50.9 Å². The van der Waals surface area contributed by atoms with Crippen LogP contribution in [-0.4, -0.2) is 18.4 Å². The van der Waals surface area contributed by atoms with Crippen molar-refractivity contribution < 1.29 is 14.4 Å². The number of nitrogens with two attached hydrogens (primary N) is 1. The average Bonchev–Trinajstić information content (AvgIpc) is 2.51. The summed E-state index contributed by atoms with van der Waals surface area (Å²) in [6, 6.07) is 11.8. The standard InChI is InChI=1S/C15H11BrCl2N2O3/c16-10-3-1-2-9(6-10)15(19)20-23-14(21)8-22-13-5-4-11(17)7-12(13)18/h1-7H,8H2,(H2,19,20). The summed E-state index contributed by atoms with van der Waals surface area (Å²) in [6.07, 6.45) is 0. The molecule has 0 saturated carbocycles. The topological polar surface area (TPSA) is 73.9 Å². The van der Waals surface area contributed by atoms with E-state index in [1.807, 2.05) is 6.07 Å². The highest BCUT2D eigenvalue weighted by molar-refractivity contribution is 9.10. The van der Waals surface area contributed by atoms with Gasteiger partial charge >= 0.3 is 5.97 Å². The first-order valence-corrected chi connectivity index (χ1v) is 7.87. The molecule has 0 aliphatic heterocycles. The van der Waals surface area contributed by atoms with Crippen molar-refractivity contribution in [1.82, 2.24) is 0 Å². The normalized spacial score (nSPS) is 11.2. The molecule has 0 radical (unpaired) electrons. The van der Waals surface area contributed by atoms with Crippen molar-refractivity contribution in [3.8, 4) is 5.75 Å². The van der Waals surface area contributed by atoms with E-state index < -0.39 is 5.97 Å². The molecule has 0 amide bonds. The van der Waals surface area contributed by atoms with E-state index in [9.17, 15) is 4.79 Å². The lowest BCUT2D eigenvalue weighted by Gasteiger charge is -2.06. The van der Waals surface area contributed by atoms with Gasteiger partial charge in [-0.3, -0.25) is 0 Å². The third kappa shape index (κ3) is 5.42. The number of nitrogens with zero attached hydrogens (tertiary/aromatic N) is 1. The summed E-state index contributed by atoms with van der Waals surface area (Å²) < 4.78 is 6.06. The van der Waals surface area contributed by atoms with Gasteiger partial charge < -0.3 is 15.3 Å². The van der Waals surface area contributed by atoms with Gasteiger partial charge in [0.15, 0.2) is 12.4 Å². The fourth-order valence-corrected chi connectivity index (χ4v) is 2.42. The Kier molecular flexibility index (Phi) is 6.27. The summed E-state index contributed by atoms with van der Waals surface area (Å²) in [4.78, 5) is 16.3. The molecular weight excluding hydrogens is 407 g/mol. The van der Waals surface area contributed by atoms with Gasteiger partial charge in [0.25, 0.3) is 0 Å². The van der Waals surface area contributed by atoms with Crippen LogP contribution in [0.15, 0.2) is 52.1 Å². The smallest absolute Gasteiger partial charge is 0.372 e.